The van der Waals surface area contributed by atoms with Gasteiger partial charge in [0.25, 0.3) is 23.4 Å². The number of halogens is 1. The minimum Gasteiger partial charge on any atom is -0.292 e. The van der Waals surface area contributed by atoms with Crippen LogP contribution in [0.15, 0.2) is 60.7 Å². The highest BCUT2D eigenvalue weighted by molar-refractivity contribution is 6.10. The van der Waals surface area contributed by atoms with Gasteiger partial charge < -0.3 is 0 Å². The standard InChI is InChI=1S/C24H20FN3O6/c1-14-4-2-7-19-21(14)24(32)27(23(19)31)26(13-20(29)15-8-10-17(25)11-9-15)22(30)16-5-3-6-18(12-16)28(33)34/h2-6,8-12,14,19,21H,7,13H2,1H3/t14-,19+,21+/m1/s1. The number of imide groups is 1. The van der Waals surface area contributed by atoms with Crippen LogP contribution in [-0.2, 0) is 9.59 Å². The van der Waals surface area contributed by atoms with Gasteiger partial charge in [0.2, 0.25) is 0 Å². The molecule has 10 heteroatoms. The first-order valence-electron chi connectivity index (χ1n) is 10.6. The van der Waals surface area contributed by atoms with Gasteiger partial charge in [0.1, 0.15) is 12.4 Å². The molecule has 0 N–H and O–H groups in total. The fraction of sp³-hybridized carbons (Fsp3) is 0.250. The molecule has 9 nitrogen and oxygen atoms in total. The van der Waals surface area contributed by atoms with Gasteiger partial charge in [0, 0.05) is 23.3 Å². The molecule has 4 rings (SSSR count). The van der Waals surface area contributed by atoms with Crippen LogP contribution in [0.3, 0.4) is 0 Å². The summed E-state index contributed by atoms with van der Waals surface area (Å²) in [6.07, 6.45) is 3.95. The lowest BCUT2D eigenvalue weighted by Gasteiger charge is -2.30. The van der Waals surface area contributed by atoms with Crippen LogP contribution in [-0.4, -0.2) is 45.0 Å². The Balaban J connectivity index is 1.73. The fourth-order valence-electron chi connectivity index (χ4n) is 4.37. The van der Waals surface area contributed by atoms with E-state index in [-0.39, 0.29) is 22.7 Å². The number of carbonyl (C=O) groups is 4. The predicted molar refractivity (Wildman–Crippen MR) is 117 cm³/mol. The average Bonchev–Trinajstić information content (AvgIpc) is 3.08. The zero-order valence-electron chi connectivity index (χ0n) is 18.1. The summed E-state index contributed by atoms with van der Waals surface area (Å²) in [6, 6.07) is 9.42. The number of hydrogen-bond donors (Lipinski definition) is 0. The summed E-state index contributed by atoms with van der Waals surface area (Å²) in [4.78, 5) is 63.4. The molecule has 0 saturated carbocycles. The van der Waals surface area contributed by atoms with Gasteiger partial charge in [-0.25, -0.2) is 9.40 Å². The third-order valence-electron chi connectivity index (χ3n) is 6.09. The molecule has 2 aliphatic rings. The van der Waals surface area contributed by atoms with E-state index in [0.717, 1.165) is 23.2 Å². The summed E-state index contributed by atoms with van der Waals surface area (Å²) in [6.45, 7) is 1.10. The third-order valence-corrected chi connectivity index (χ3v) is 6.09. The van der Waals surface area contributed by atoms with E-state index >= 15 is 0 Å². The summed E-state index contributed by atoms with van der Waals surface area (Å²) in [7, 11) is 0. The number of amides is 3. The predicted octanol–water partition coefficient (Wildman–Crippen LogP) is 3.17. The van der Waals surface area contributed by atoms with E-state index in [1.165, 1.54) is 30.3 Å². The van der Waals surface area contributed by atoms with E-state index < -0.39 is 52.6 Å². The summed E-state index contributed by atoms with van der Waals surface area (Å²) in [5.74, 6) is -4.94. The van der Waals surface area contributed by atoms with Crippen LogP contribution in [0.4, 0.5) is 10.1 Å². The second-order valence-corrected chi connectivity index (χ2v) is 8.24. The number of nitro benzene ring substituents is 1. The topological polar surface area (TPSA) is 118 Å². The number of carbonyl (C=O) groups excluding carboxylic acids is 4. The summed E-state index contributed by atoms with van der Waals surface area (Å²) in [5, 5.41) is 12.6. The largest absolute Gasteiger partial charge is 0.292 e. The van der Waals surface area contributed by atoms with Crippen LogP contribution in [0.5, 0.6) is 0 Å². The third kappa shape index (κ3) is 4.09. The van der Waals surface area contributed by atoms with E-state index in [1.54, 1.807) is 13.0 Å². The Bertz CT molecular complexity index is 1230. The molecule has 3 atom stereocenters. The molecule has 0 unspecified atom stereocenters. The average molecular weight is 465 g/mol. The number of Topliss-reactive ketones (excluding diaryl/α,β-unsaturated/α-hetero) is 1. The van der Waals surface area contributed by atoms with Crippen molar-refractivity contribution in [3.63, 3.8) is 0 Å². The van der Waals surface area contributed by atoms with E-state index in [9.17, 15) is 33.7 Å². The van der Waals surface area contributed by atoms with Crippen LogP contribution in [0, 0.1) is 33.7 Å². The Labute approximate surface area is 193 Å². The van der Waals surface area contributed by atoms with Crippen molar-refractivity contribution in [2.24, 2.45) is 17.8 Å². The Hall–Kier alpha value is -4.21. The second-order valence-electron chi connectivity index (χ2n) is 8.24. The van der Waals surface area contributed by atoms with Crippen molar-refractivity contribution in [2.45, 2.75) is 13.3 Å². The van der Waals surface area contributed by atoms with Gasteiger partial charge in [-0.1, -0.05) is 25.1 Å². The van der Waals surface area contributed by atoms with Crippen molar-refractivity contribution in [1.29, 1.82) is 0 Å². The molecule has 1 fully saturated rings. The first-order chi connectivity index (χ1) is 16.2. The smallest absolute Gasteiger partial charge is 0.273 e. The van der Waals surface area contributed by atoms with Crippen LogP contribution in [0.1, 0.15) is 34.1 Å². The quantitative estimate of drug-likeness (QED) is 0.213. The first kappa shape index (κ1) is 23.0. The first-order valence-corrected chi connectivity index (χ1v) is 10.6. The van der Waals surface area contributed by atoms with Crippen LogP contribution in [0.25, 0.3) is 0 Å². The maximum absolute atomic E-state index is 13.4. The van der Waals surface area contributed by atoms with Crippen molar-refractivity contribution in [1.82, 2.24) is 10.0 Å². The van der Waals surface area contributed by atoms with Gasteiger partial charge in [-0.3, -0.25) is 29.3 Å². The van der Waals surface area contributed by atoms with E-state index in [0.29, 0.717) is 11.4 Å². The number of non-ortho nitro benzene ring substituents is 1. The second kappa shape index (κ2) is 8.97. The summed E-state index contributed by atoms with van der Waals surface area (Å²) >= 11 is 0. The molecule has 1 aliphatic heterocycles. The van der Waals surface area contributed by atoms with Gasteiger partial charge in [0.15, 0.2) is 5.78 Å². The van der Waals surface area contributed by atoms with Crippen molar-refractivity contribution in [3.8, 4) is 0 Å². The van der Waals surface area contributed by atoms with Gasteiger partial charge in [-0.05, 0) is 42.7 Å². The zero-order valence-corrected chi connectivity index (χ0v) is 18.1. The molecule has 3 amide bonds. The SMILES string of the molecule is C[C@@H]1C=CC[C@@H]2C(=O)N(N(CC(=O)c3ccc(F)cc3)C(=O)c3cccc([N+](=O)[O-])c3)C(=O)[C@@H]12. The lowest BCUT2D eigenvalue weighted by atomic mass is 9.78. The Kier molecular flexibility index (Phi) is 6.06. The van der Waals surface area contributed by atoms with Gasteiger partial charge in [-0.15, -0.1) is 0 Å². The van der Waals surface area contributed by atoms with Gasteiger partial charge >= 0.3 is 0 Å². The highest BCUT2D eigenvalue weighted by Gasteiger charge is 2.53. The number of fused-ring (bicyclic) bond motifs is 1. The maximum atomic E-state index is 13.4. The van der Waals surface area contributed by atoms with E-state index in [1.807, 2.05) is 6.08 Å². The monoisotopic (exact) mass is 465 g/mol. The molecular weight excluding hydrogens is 445 g/mol. The molecule has 0 aromatic heterocycles. The number of nitro groups is 1. The molecule has 1 saturated heterocycles. The highest BCUT2D eigenvalue weighted by atomic mass is 19.1. The number of allylic oxidation sites excluding steroid dienone is 2. The number of benzene rings is 2. The lowest BCUT2D eigenvalue weighted by Crippen LogP contribution is -2.52. The zero-order chi connectivity index (χ0) is 24.6. The van der Waals surface area contributed by atoms with Crippen molar-refractivity contribution in [3.05, 3.63) is 87.7 Å². The molecule has 34 heavy (non-hydrogen) atoms. The van der Waals surface area contributed by atoms with Crippen molar-refractivity contribution in [2.75, 3.05) is 6.54 Å². The number of hydrogen-bond acceptors (Lipinski definition) is 6. The summed E-state index contributed by atoms with van der Waals surface area (Å²) in [5.41, 5.74) is -0.450. The maximum Gasteiger partial charge on any atom is 0.273 e. The molecule has 1 heterocycles. The van der Waals surface area contributed by atoms with Crippen molar-refractivity contribution >= 4 is 29.2 Å². The number of hydrazine groups is 1. The van der Waals surface area contributed by atoms with Gasteiger partial charge in [-0.2, -0.15) is 5.01 Å². The fourth-order valence-corrected chi connectivity index (χ4v) is 4.37. The van der Waals surface area contributed by atoms with E-state index in [2.05, 4.69) is 0 Å². The Morgan fingerprint density at radius 3 is 2.47 bits per heavy atom. The molecule has 2 aromatic carbocycles. The lowest BCUT2D eigenvalue weighted by molar-refractivity contribution is -0.384. The van der Waals surface area contributed by atoms with Crippen LogP contribution in [0.2, 0.25) is 0 Å². The molecule has 0 radical (unpaired) electrons. The Morgan fingerprint density at radius 2 is 1.82 bits per heavy atom. The number of nitrogens with zero attached hydrogens (tertiary/aromatic N) is 3. The highest BCUT2D eigenvalue weighted by Crippen LogP contribution is 2.39. The number of rotatable bonds is 6. The molecule has 2 aromatic rings. The van der Waals surface area contributed by atoms with Crippen molar-refractivity contribution < 1.29 is 28.5 Å². The van der Waals surface area contributed by atoms with E-state index in [4.69, 9.17) is 0 Å². The molecule has 174 valence electrons. The Morgan fingerprint density at radius 1 is 1.12 bits per heavy atom. The molecule has 0 bridgehead atoms. The minimum absolute atomic E-state index is 0.0739. The summed E-state index contributed by atoms with van der Waals surface area (Å²) < 4.78 is 13.3. The minimum atomic E-state index is -0.917. The molecular formula is C24H20FN3O6. The molecule has 1 aliphatic carbocycles. The van der Waals surface area contributed by atoms with Gasteiger partial charge in [0.05, 0.1) is 16.8 Å². The molecule has 0 spiro atoms. The normalized spacial score (nSPS) is 21.4. The van der Waals surface area contributed by atoms with Crippen LogP contribution >= 0.6 is 0 Å². The number of ketones is 1. The van der Waals surface area contributed by atoms with Crippen LogP contribution < -0.4 is 0 Å².